The molecule has 2 N–H and O–H groups in total. The molecule has 0 aliphatic carbocycles. The molecule has 0 spiro atoms. The van der Waals surface area contributed by atoms with E-state index in [9.17, 15) is 18.4 Å². The molecule has 2 amide bonds. The van der Waals surface area contributed by atoms with Gasteiger partial charge in [0.1, 0.15) is 11.6 Å². The minimum atomic E-state index is -0.862. The Bertz CT molecular complexity index is 745. The van der Waals surface area contributed by atoms with Crippen molar-refractivity contribution in [2.75, 3.05) is 11.9 Å². The van der Waals surface area contributed by atoms with Crippen LogP contribution in [0.5, 0.6) is 0 Å². The van der Waals surface area contributed by atoms with Crippen LogP contribution in [0.4, 0.5) is 14.5 Å². The van der Waals surface area contributed by atoms with Crippen LogP contribution in [0.2, 0.25) is 0 Å². The number of halogens is 2. The van der Waals surface area contributed by atoms with Gasteiger partial charge in [-0.05, 0) is 32.9 Å². The molecule has 1 aromatic heterocycles. The average molecular weight is 336 g/mol. The van der Waals surface area contributed by atoms with Gasteiger partial charge in [-0.2, -0.15) is 5.10 Å². The Morgan fingerprint density at radius 1 is 1.17 bits per heavy atom. The molecule has 0 bridgehead atoms. The number of benzene rings is 1. The van der Waals surface area contributed by atoms with Crippen molar-refractivity contribution in [3.05, 3.63) is 47.8 Å². The van der Waals surface area contributed by atoms with Crippen molar-refractivity contribution in [1.29, 1.82) is 0 Å². The molecule has 0 aliphatic heterocycles. The quantitative estimate of drug-likeness (QED) is 0.899. The summed E-state index contributed by atoms with van der Waals surface area (Å²) >= 11 is 0. The maximum absolute atomic E-state index is 13.1. The molecule has 1 heterocycles. The van der Waals surface area contributed by atoms with Crippen molar-refractivity contribution in [2.24, 2.45) is 0 Å². The van der Waals surface area contributed by atoms with Gasteiger partial charge < -0.3 is 10.6 Å². The highest BCUT2D eigenvalue weighted by Crippen LogP contribution is 2.15. The molecule has 128 valence electrons. The van der Waals surface area contributed by atoms with Crippen molar-refractivity contribution in [3.63, 3.8) is 0 Å². The number of aromatic nitrogens is 2. The van der Waals surface area contributed by atoms with Crippen LogP contribution in [0.15, 0.2) is 30.6 Å². The lowest BCUT2D eigenvalue weighted by Gasteiger charge is -2.18. The monoisotopic (exact) mass is 336 g/mol. The molecule has 0 aliphatic rings. The highest BCUT2D eigenvalue weighted by Gasteiger charge is 2.15. The Kier molecular flexibility index (Phi) is 4.96. The number of amides is 2. The van der Waals surface area contributed by atoms with Gasteiger partial charge in [0, 0.05) is 17.8 Å². The Morgan fingerprint density at radius 2 is 1.79 bits per heavy atom. The zero-order valence-electron chi connectivity index (χ0n) is 13.6. The first kappa shape index (κ1) is 17.6. The summed E-state index contributed by atoms with van der Waals surface area (Å²) in [6.07, 6.45) is 3.16. The van der Waals surface area contributed by atoms with Crippen LogP contribution in [0.1, 0.15) is 31.1 Å². The molecule has 0 radical (unpaired) electrons. The first-order valence-corrected chi connectivity index (χ1v) is 7.24. The van der Waals surface area contributed by atoms with Crippen LogP contribution >= 0.6 is 0 Å². The maximum Gasteiger partial charge on any atom is 0.251 e. The molecule has 0 saturated heterocycles. The smallest absolute Gasteiger partial charge is 0.251 e. The van der Waals surface area contributed by atoms with Crippen molar-refractivity contribution >= 4 is 17.5 Å². The van der Waals surface area contributed by atoms with Crippen molar-refractivity contribution < 1.29 is 18.4 Å². The zero-order chi connectivity index (χ0) is 17.9. The topological polar surface area (TPSA) is 76.0 Å². The summed E-state index contributed by atoms with van der Waals surface area (Å²) < 4.78 is 27.8. The first-order valence-electron chi connectivity index (χ1n) is 7.24. The standard InChI is InChI=1S/C16H18F2N4O2/c1-16(2,3)22-9-13(7-20-22)21-14(23)8-19-15(24)10-4-11(17)6-12(18)5-10/h4-7,9H,8H2,1-3H3,(H,19,24)(H,21,23). The van der Waals surface area contributed by atoms with Crippen LogP contribution in [0.25, 0.3) is 0 Å². The number of carbonyl (C=O) groups is 2. The fourth-order valence-electron chi connectivity index (χ4n) is 1.91. The van der Waals surface area contributed by atoms with E-state index in [1.807, 2.05) is 20.8 Å². The van der Waals surface area contributed by atoms with Gasteiger partial charge in [-0.25, -0.2) is 8.78 Å². The predicted octanol–water partition coefficient (Wildman–Crippen LogP) is 2.28. The van der Waals surface area contributed by atoms with Gasteiger partial charge in [-0.1, -0.05) is 0 Å². The molecule has 2 aromatic rings. The molecular weight excluding hydrogens is 318 g/mol. The summed E-state index contributed by atoms with van der Waals surface area (Å²) in [5.41, 5.74) is 0.0698. The lowest BCUT2D eigenvalue weighted by molar-refractivity contribution is -0.115. The van der Waals surface area contributed by atoms with Crippen molar-refractivity contribution in [1.82, 2.24) is 15.1 Å². The third kappa shape index (κ3) is 4.61. The molecule has 6 nitrogen and oxygen atoms in total. The van der Waals surface area contributed by atoms with E-state index in [2.05, 4.69) is 15.7 Å². The zero-order valence-corrected chi connectivity index (χ0v) is 13.6. The van der Waals surface area contributed by atoms with Gasteiger partial charge in [0.15, 0.2) is 0 Å². The van der Waals surface area contributed by atoms with Crippen LogP contribution in [0.3, 0.4) is 0 Å². The van der Waals surface area contributed by atoms with Crippen LogP contribution in [0, 0.1) is 11.6 Å². The highest BCUT2D eigenvalue weighted by atomic mass is 19.1. The van der Waals surface area contributed by atoms with E-state index in [0.717, 1.165) is 12.1 Å². The number of rotatable bonds is 4. The second-order valence-corrected chi connectivity index (χ2v) is 6.23. The Hall–Kier alpha value is -2.77. The van der Waals surface area contributed by atoms with Crippen molar-refractivity contribution in [2.45, 2.75) is 26.3 Å². The number of hydrogen-bond donors (Lipinski definition) is 2. The van der Waals surface area contributed by atoms with E-state index in [4.69, 9.17) is 0 Å². The molecular formula is C16H18F2N4O2. The SMILES string of the molecule is CC(C)(C)n1cc(NC(=O)CNC(=O)c2cc(F)cc(F)c2)cn1. The average Bonchev–Trinajstić information content (AvgIpc) is 2.92. The van der Waals surface area contributed by atoms with E-state index in [1.54, 1.807) is 10.9 Å². The minimum Gasteiger partial charge on any atom is -0.343 e. The third-order valence-corrected chi connectivity index (χ3v) is 3.09. The first-order chi connectivity index (χ1) is 11.1. The highest BCUT2D eigenvalue weighted by molar-refractivity contribution is 5.99. The van der Waals surface area contributed by atoms with Gasteiger partial charge in [0.2, 0.25) is 5.91 Å². The summed E-state index contributed by atoms with van der Waals surface area (Å²) in [6.45, 7) is 5.55. The molecule has 8 heteroatoms. The molecule has 0 fully saturated rings. The summed E-state index contributed by atoms with van der Waals surface area (Å²) in [6, 6.07) is 2.45. The minimum absolute atomic E-state index is 0.194. The second kappa shape index (κ2) is 6.77. The molecule has 0 unspecified atom stereocenters. The normalized spacial score (nSPS) is 11.2. The molecule has 0 atom stereocenters. The van der Waals surface area contributed by atoms with Crippen LogP contribution in [-0.2, 0) is 10.3 Å². The molecule has 2 rings (SSSR count). The number of hydrogen-bond acceptors (Lipinski definition) is 3. The predicted molar refractivity (Wildman–Crippen MR) is 84.5 cm³/mol. The Labute approximate surface area is 137 Å². The van der Waals surface area contributed by atoms with E-state index >= 15 is 0 Å². The van der Waals surface area contributed by atoms with Crippen LogP contribution < -0.4 is 10.6 Å². The van der Waals surface area contributed by atoms with E-state index in [0.29, 0.717) is 11.8 Å². The number of nitrogens with one attached hydrogen (secondary N) is 2. The number of nitrogens with zero attached hydrogens (tertiary/aromatic N) is 2. The summed E-state index contributed by atoms with van der Waals surface area (Å²) in [4.78, 5) is 23.6. The number of carbonyl (C=O) groups excluding carboxylic acids is 2. The number of anilines is 1. The molecule has 24 heavy (non-hydrogen) atoms. The largest absolute Gasteiger partial charge is 0.343 e. The summed E-state index contributed by atoms with van der Waals surface area (Å²) in [5.74, 6) is -2.94. The van der Waals surface area contributed by atoms with E-state index in [-0.39, 0.29) is 17.6 Å². The fraction of sp³-hybridized carbons (Fsp3) is 0.312. The van der Waals surface area contributed by atoms with Gasteiger partial charge in [0.05, 0.1) is 24.0 Å². The Morgan fingerprint density at radius 3 is 2.33 bits per heavy atom. The Balaban J connectivity index is 1.91. The van der Waals surface area contributed by atoms with E-state index < -0.39 is 23.4 Å². The van der Waals surface area contributed by atoms with E-state index in [1.165, 1.54) is 6.20 Å². The van der Waals surface area contributed by atoms with Gasteiger partial charge in [0.25, 0.3) is 5.91 Å². The molecule has 1 aromatic carbocycles. The van der Waals surface area contributed by atoms with Crippen LogP contribution in [-0.4, -0.2) is 28.1 Å². The third-order valence-electron chi connectivity index (χ3n) is 3.09. The summed E-state index contributed by atoms with van der Waals surface area (Å²) in [5, 5.41) is 9.01. The summed E-state index contributed by atoms with van der Waals surface area (Å²) in [7, 11) is 0. The van der Waals surface area contributed by atoms with Gasteiger partial charge in [-0.15, -0.1) is 0 Å². The van der Waals surface area contributed by atoms with Crippen molar-refractivity contribution in [3.8, 4) is 0 Å². The maximum atomic E-state index is 13.1. The lowest BCUT2D eigenvalue weighted by Crippen LogP contribution is -2.33. The molecule has 0 saturated carbocycles. The lowest BCUT2D eigenvalue weighted by atomic mass is 10.1. The fourth-order valence-corrected chi connectivity index (χ4v) is 1.91. The van der Waals surface area contributed by atoms with Gasteiger partial charge in [-0.3, -0.25) is 14.3 Å². The second-order valence-electron chi connectivity index (χ2n) is 6.23. The van der Waals surface area contributed by atoms with Gasteiger partial charge >= 0.3 is 0 Å².